The van der Waals surface area contributed by atoms with Gasteiger partial charge in [0.2, 0.25) is 17.6 Å². The zero-order chi connectivity index (χ0) is 24.6. The number of anilines is 1. The highest BCUT2D eigenvalue weighted by molar-refractivity contribution is 6.31. The summed E-state index contributed by atoms with van der Waals surface area (Å²) in [5.41, 5.74) is 3.66. The first kappa shape index (κ1) is 23.6. The van der Waals surface area contributed by atoms with Crippen LogP contribution < -0.4 is 4.90 Å². The second kappa shape index (κ2) is 9.47. The molecule has 0 bridgehead atoms. The minimum Gasteiger partial charge on any atom is -0.339 e. The van der Waals surface area contributed by atoms with Crippen molar-refractivity contribution in [2.24, 2.45) is 5.41 Å². The molecule has 0 radical (unpaired) electrons. The van der Waals surface area contributed by atoms with E-state index in [2.05, 4.69) is 35.0 Å². The van der Waals surface area contributed by atoms with Crippen LogP contribution in [-0.4, -0.2) is 27.6 Å². The van der Waals surface area contributed by atoms with Gasteiger partial charge in [0.15, 0.2) is 0 Å². The van der Waals surface area contributed by atoms with E-state index in [4.69, 9.17) is 21.1 Å². The van der Waals surface area contributed by atoms with E-state index in [9.17, 15) is 4.79 Å². The van der Waals surface area contributed by atoms with Crippen LogP contribution >= 0.6 is 11.6 Å². The van der Waals surface area contributed by atoms with Crippen molar-refractivity contribution in [3.8, 4) is 23.2 Å². The van der Waals surface area contributed by atoms with Gasteiger partial charge in [0.1, 0.15) is 0 Å². The van der Waals surface area contributed by atoms with E-state index in [0.29, 0.717) is 35.6 Å². The molecule has 0 spiro atoms. The predicted molar refractivity (Wildman–Crippen MR) is 136 cm³/mol. The molecular weight excluding hydrogens is 460 g/mol. The molecule has 2 fully saturated rings. The van der Waals surface area contributed by atoms with Crippen molar-refractivity contribution in [1.82, 2.24) is 15.1 Å². The summed E-state index contributed by atoms with van der Waals surface area (Å²) in [6.45, 7) is 6.57. The van der Waals surface area contributed by atoms with E-state index in [-0.39, 0.29) is 17.2 Å². The number of nitrogens with zero attached hydrogens (tertiary/aromatic N) is 4. The van der Waals surface area contributed by atoms with Gasteiger partial charge in [-0.25, -0.2) is 0 Å². The molecule has 1 aliphatic heterocycles. The quantitative estimate of drug-likeness (QED) is 0.394. The van der Waals surface area contributed by atoms with Crippen molar-refractivity contribution in [1.29, 1.82) is 0 Å². The molecule has 6 nitrogen and oxygen atoms in total. The largest absolute Gasteiger partial charge is 0.339 e. The Kier molecular flexibility index (Phi) is 6.37. The van der Waals surface area contributed by atoms with Crippen LogP contribution in [0.2, 0.25) is 5.02 Å². The molecule has 1 saturated heterocycles. The Morgan fingerprint density at radius 1 is 1.29 bits per heavy atom. The van der Waals surface area contributed by atoms with E-state index in [1.165, 1.54) is 6.42 Å². The Labute approximate surface area is 211 Å². The molecule has 7 heteroatoms. The molecule has 1 aliphatic carbocycles. The van der Waals surface area contributed by atoms with Crippen molar-refractivity contribution in [3.63, 3.8) is 0 Å². The fraction of sp³-hybridized carbons (Fsp3) is 0.429. The Bertz CT molecular complexity index is 1310. The second-order valence-corrected chi connectivity index (χ2v) is 10.0. The highest BCUT2D eigenvalue weighted by Crippen LogP contribution is 2.50. The summed E-state index contributed by atoms with van der Waals surface area (Å²) >= 11 is 6.27. The molecule has 3 atom stereocenters. The first-order valence-corrected chi connectivity index (χ1v) is 12.6. The number of benzene rings is 1. The third-order valence-electron chi connectivity index (χ3n) is 7.57. The van der Waals surface area contributed by atoms with Crippen molar-refractivity contribution < 1.29 is 9.32 Å². The molecule has 3 heterocycles. The van der Waals surface area contributed by atoms with Gasteiger partial charge in [0.25, 0.3) is 0 Å². The number of pyridine rings is 1. The molecule has 3 unspecified atom stereocenters. The molecule has 1 amide bonds. The first-order chi connectivity index (χ1) is 16.9. The molecular formula is C28H29ClN4O2. The number of carbonyl (C=O) groups is 1. The molecule has 2 aromatic heterocycles. The molecule has 5 rings (SSSR count). The summed E-state index contributed by atoms with van der Waals surface area (Å²) in [7, 11) is 0. The van der Waals surface area contributed by atoms with Crippen molar-refractivity contribution in [2.45, 2.75) is 64.7 Å². The van der Waals surface area contributed by atoms with E-state index in [1.54, 1.807) is 4.90 Å². The van der Waals surface area contributed by atoms with Gasteiger partial charge in [-0.3, -0.25) is 9.78 Å². The van der Waals surface area contributed by atoms with Gasteiger partial charge >= 0.3 is 0 Å². The lowest BCUT2D eigenvalue weighted by atomic mass is 9.74. The van der Waals surface area contributed by atoms with Gasteiger partial charge in [-0.2, -0.15) is 4.98 Å². The normalized spacial score (nSPS) is 24.0. The lowest BCUT2D eigenvalue weighted by Gasteiger charge is -2.29. The second-order valence-electron chi connectivity index (χ2n) is 9.60. The van der Waals surface area contributed by atoms with Crippen LogP contribution in [0.4, 0.5) is 5.69 Å². The molecule has 1 aromatic carbocycles. The van der Waals surface area contributed by atoms with Crippen LogP contribution in [0.15, 0.2) is 41.1 Å². The third kappa shape index (κ3) is 4.34. The number of aryl methyl sites for hydroxylation is 1. The monoisotopic (exact) mass is 488 g/mol. The molecule has 1 saturated carbocycles. The van der Waals surface area contributed by atoms with Gasteiger partial charge in [-0.15, -0.1) is 5.92 Å². The van der Waals surface area contributed by atoms with E-state index in [0.717, 1.165) is 41.8 Å². The highest BCUT2D eigenvalue weighted by atomic mass is 35.5. The smallest absolute Gasteiger partial charge is 0.232 e. The summed E-state index contributed by atoms with van der Waals surface area (Å²) in [5.74, 6) is 7.81. The van der Waals surface area contributed by atoms with Crippen molar-refractivity contribution >= 4 is 23.2 Å². The SMILES string of the molecule is CC#CC1(CC)CCCC1c1ccc(-c2noc(C3CC(=O)N(c4ccc(C)c(Cl)c4)C3)n2)cn1. The summed E-state index contributed by atoms with van der Waals surface area (Å²) in [6.07, 6.45) is 6.59. The lowest BCUT2D eigenvalue weighted by Crippen LogP contribution is -2.24. The Hall–Kier alpha value is -3.17. The molecule has 3 aromatic rings. The minimum atomic E-state index is -0.160. The Morgan fingerprint density at radius 2 is 2.14 bits per heavy atom. The number of amides is 1. The van der Waals surface area contributed by atoms with Crippen LogP contribution in [0.5, 0.6) is 0 Å². The number of hydrogen-bond acceptors (Lipinski definition) is 5. The third-order valence-corrected chi connectivity index (χ3v) is 7.98. The van der Waals surface area contributed by atoms with Crippen LogP contribution in [0, 0.1) is 24.2 Å². The van der Waals surface area contributed by atoms with Gasteiger partial charge in [0.05, 0.1) is 5.92 Å². The number of aromatic nitrogens is 3. The summed E-state index contributed by atoms with van der Waals surface area (Å²) < 4.78 is 5.58. The standard InChI is InChI=1S/C28H29ClN4O2/c1-4-12-28(5-2)13-6-7-22(28)24-11-9-19(16-30-24)26-31-27(35-32-26)20-14-25(34)33(17-20)21-10-8-18(3)23(29)15-21/h8-11,15-16,20,22H,5-7,13-14,17H2,1-3H3. The minimum absolute atomic E-state index is 0.0190. The van der Waals surface area contributed by atoms with Crippen LogP contribution in [0.1, 0.15) is 74.9 Å². The summed E-state index contributed by atoms with van der Waals surface area (Å²) in [5, 5.41) is 4.83. The maximum atomic E-state index is 12.7. The number of halogens is 1. The number of hydrogen-bond donors (Lipinski definition) is 0. The van der Waals surface area contributed by atoms with E-state index < -0.39 is 0 Å². The van der Waals surface area contributed by atoms with E-state index in [1.807, 2.05) is 44.3 Å². The van der Waals surface area contributed by atoms with Gasteiger partial charge in [-0.05, 0) is 62.9 Å². The van der Waals surface area contributed by atoms with Crippen LogP contribution in [0.3, 0.4) is 0 Å². The van der Waals surface area contributed by atoms with E-state index >= 15 is 0 Å². The maximum absolute atomic E-state index is 12.7. The molecule has 180 valence electrons. The van der Waals surface area contributed by atoms with Gasteiger partial charge < -0.3 is 9.42 Å². The average molecular weight is 489 g/mol. The maximum Gasteiger partial charge on any atom is 0.232 e. The Morgan fingerprint density at radius 3 is 2.86 bits per heavy atom. The van der Waals surface area contributed by atoms with Crippen LogP contribution in [0.25, 0.3) is 11.4 Å². The number of carbonyl (C=O) groups excluding carboxylic acids is 1. The van der Waals surface area contributed by atoms with Crippen LogP contribution in [-0.2, 0) is 4.79 Å². The van der Waals surface area contributed by atoms with Gasteiger partial charge in [0, 0.05) is 52.5 Å². The fourth-order valence-corrected chi connectivity index (χ4v) is 5.72. The highest BCUT2D eigenvalue weighted by Gasteiger charge is 2.41. The van der Waals surface area contributed by atoms with Gasteiger partial charge in [-0.1, -0.05) is 42.1 Å². The predicted octanol–water partition coefficient (Wildman–Crippen LogP) is 6.30. The molecule has 35 heavy (non-hydrogen) atoms. The topological polar surface area (TPSA) is 72.1 Å². The molecule has 0 N–H and O–H groups in total. The first-order valence-electron chi connectivity index (χ1n) is 12.2. The zero-order valence-electron chi connectivity index (χ0n) is 20.3. The number of rotatable bonds is 5. The average Bonchev–Trinajstić information content (AvgIpc) is 3.60. The van der Waals surface area contributed by atoms with Crippen molar-refractivity contribution in [3.05, 3.63) is 58.7 Å². The zero-order valence-corrected chi connectivity index (χ0v) is 21.1. The summed E-state index contributed by atoms with van der Waals surface area (Å²) in [6, 6.07) is 9.75. The summed E-state index contributed by atoms with van der Waals surface area (Å²) in [4.78, 5) is 23.8. The lowest BCUT2D eigenvalue weighted by molar-refractivity contribution is -0.117. The molecule has 2 aliphatic rings. The Balaban J connectivity index is 1.32. The van der Waals surface area contributed by atoms with Crippen molar-refractivity contribution in [2.75, 3.05) is 11.4 Å². The fourth-order valence-electron chi connectivity index (χ4n) is 5.55.